The molecule has 170 valence electrons. The number of aromatic nitrogens is 2. The third kappa shape index (κ3) is 4.04. The molecule has 1 amide bonds. The van der Waals surface area contributed by atoms with Crippen molar-refractivity contribution in [1.82, 2.24) is 14.9 Å². The van der Waals surface area contributed by atoms with Crippen molar-refractivity contribution < 1.29 is 9.18 Å². The van der Waals surface area contributed by atoms with Crippen molar-refractivity contribution in [2.75, 3.05) is 10.2 Å². The molecule has 5 rings (SSSR count). The molecule has 1 saturated heterocycles. The number of pyridine rings is 1. The fourth-order valence-corrected chi connectivity index (χ4v) is 4.69. The van der Waals surface area contributed by atoms with Gasteiger partial charge in [-0.3, -0.25) is 9.78 Å². The summed E-state index contributed by atoms with van der Waals surface area (Å²) in [5.41, 5.74) is 3.69. The Kier molecular flexibility index (Phi) is 5.81. The van der Waals surface area contributed by atoms with Crippen LogP contribution in [-0.2, 0) is 4.79 Å². The summed E-state index contributed by atoms with van der Waals surface area (Å²) in [6, 6.07) is 23.2. The zero-order valence-corrected chi connectivity index (χ0v) is 19.2. The van der Waals surface area contributed by atoms with Crippen LogP contribution < -0.4 is 15.5 Å². The molecule has 1 fully saturated rings. The lowest BCUT2D eigenvalue weighted by atomic mass is 10.0. The lowest BCUT2D eigenvalue weighted by Crippen LogP contribution is -2.30. The molecule has 0 bridgehead atoms. The number of carbonyl (C=O) groups is 1. The standard InChI is InChI=1S/C26H22FN5OS/c1-17(33)29-18-11-13-19(14-12-18)32-25(24(30-26(32)34)21-8-4-5-15-28-21)23-10-6-16-31(23)22-9-3-2-7-20(22)27/h2-16,24-25H,1H3,(H,29,33)(H,30,34)/t24-,25+/m0/s1. The van der Waals surface area contributed by atoms with Crippen molar-refractivity contribution in [3.8, 4) is 5.69 Å². The Bertz CT molecular complexity index is 1340. The third-order valence-electron chi connectivity index (χ3n) is 5.76. The topological polar surface area (TPSA) is 62.2 Å². The van der Waals surface area contributed by atoms with Crippen molar-refractivity contribution >= 4 is 34.6 Å². The molecule has 3 heterocycles. The largest absolute Gasteiger partial charge is 0.351 e. The van der Waals surface area contributed by atoms with Gasteiger partial charge < -0.3 is 20.1 Å². The summed E-state index contributed by atoms with van der Waals surface area (Å²) >= 11 is 5.77. The van der Waals surface area contributed by atoms with E-state index in [4.69, 9.17) is 12.2 Å². The second-order valence-corrected chi connectivity index (χ2v) is 8.37. The van der Waals surface area contributed by atoms with E-state index >= 15 is 0 Å². The van der Waals surface area contributed by atoms with Gasteiger partial charge in [0.2, 0.25) is 5.91 Å². The molecule has 2 aromatic heterocycles. The molecule has 0 aliphatic carbocycles. The summed E-state index contributed by atoms with van der Waals surface area (Å²) in [7, 11) is 0. The van der Waals surface area contributed by atoms with Crippen LogP contribution in [0.5, 0.6) is 0 Å². The molecule has 1 aliphatic rings. The van der Waals surface area contributed by atoms with Gasteiger partial charge in [-0.1, -0.05) is 18.2 Å². The summed E-state index contributed by atoms with van der Waals surface area (Å²) in [4.78, 5) is 18.0. The Balaban J connectivity index is 1.63. The van der Waals surface area contributed by atoms with E-state index in [0.717, 1.165) is 17.1 Å². The first kappa shape index (κ1) is 21.8. The highest BCUT2D eigenvalue weighted by atomic mass is 32.1. The number of anilines is 2. The van der Waals surface area contributed by atoms with Gasteiger partial charge in [-0.2, -0.15) is 0 Å². The number of halogens is 1. The van der Waals surface area contributed by atoms with E-state index in [1.807, 2.05) is 76.3 Å². The number of para-hydroxylation sites is 1. The van der Waals surface area contributed by atoms with Gasteiger partial charge in [0.15, 0.2) is 5.11 Å². The van der Waals surface area contributed by atoms with Gasteiger partial charge in [0.25, 0.3) is 0 Å². The molecule has 0 unspecified atom stereocenters. The highest BCUT2D eigenvalue weighted by molar-refractivity contribution is 7.80. The zero-order valence-electron chi connectivity index (χ0n) is 18.4. The van der Waals surface area contributed by atoms with Crippen LogP contribution in [0.25, 0.3) is 5.69 Å². The number of rotatable bonds is 5. The number of benzene rings is 2. The van der Waals surface area contributed by atoms with Crippen LogP contribution in [0.4, 0.5) is 15.8 Å². The molecular weight excluding hydrogens is 449 g/mol. The second kappa shape index (κ2) is 9.07. The second-order valence-electron chi connectivity index (χ2n) is 7.98. The average molecular weight is 472 g/mol. The summed E-state index contributed by atoms with van der Waals surface area (Å²) in [6.45, 7) is 1.47. The maximum atomic E-state index is 14.8. The molecule has 8 heteroatoms. The third-order valence-corrected chi connectivity index (χ3v) is 6.07. The number of carbonyl (C=O) groups excluding carboxylic acids is 1. The number of thiocarbonyl (C=S) groups is 1. The minimum absolute atomic E-state index is 0.137. The van der Waals surface area contributed by atoms with E-state index in [0.29, 0.717) is 16.5 Å². The van der Waals surface area contributed by atoms with Crippen LogP contribution in [0.15, 0.2) is 91.3 Å². The number of nitrogens with zero attached hydrogens (tertiary/aromatic N) is 3. The van der Waals surface area contributed by atoms with Crippen LogP contribution in [0, 0.1) is 5.82 Å². The summed E-state index contributed by atoms with van der Waals surface area (Å²) in [5.74, 6) is -0.448. The predicted octanol–water partition coefficient (Wildman–Crippen LogP) is 5.15. The SMILES string of the molecule is CC(=O)Nc1ccc(N2C(=S)N[C@@H](c3ccccn3)[C@H]2c2cccn2-c2ccccc2F)cc1. The average Bonchev–Trinajstić information content (AvgIpc) is 3.44. The van der Waals surface area contributed by atoms with E-state index in [1.54, 1.807) is 18.3 Å². The Morgan fingerprint density at radius 1 is 1.03 bits per heavy atom. The summed E-state index contributed by atoms with van der Waals surface area (Å²) in [5, 5.41) is 6.73. The Labute approximate surface area is 202 Å². The van der Waals surface area contributed by atoms with Gasteiger partial charge in [0, 0.05) is 36.4 Å². The molecular formula is C26H22FN5OS. The fourth-order valence-electron chi connectivity index (χ4n) is 4.34. The van der Waals surface area contributed by atoms with Crippen LogP contribution >= 0.6 is 12.2 Å². The molecule has 0 radical (unpaired) electrons. The lowest BCUT2D eigenvalue weighted by molar-refractivity contribution is -0.114. The van der Waals surface area contributed by atoms with Gasteiger partial charge in [-0.15, -0.1) is 0 Å². The van der Waals surface area contributed by atoms with Gasteiger partial charge >= 0.3 is 0 Å². The first-order valence-electron chi connectivity index (χ1n) is 10.8. The van der Waals surface area contributed by atoms with Crippen molar-refractivity contribution in [3.05, 3.63) is 108 Å². The Hall–Kier alpha value is -4.04. The molecule has 0 saturated carbocycles. The van der Waals surface area contributed by atoms with Crippen LogP contribution in [-0.4, -0.2) is 20.6 Å². The van der Waals surface area contributed by atoms with Crippen LogP contribution in [0.2, 0.25) is 0 Å². The quantitative estimate of drug-likeness (QED) is 0.395. The fraction of sp³-hybridized carbons (Fsp3) is 0.115. The molecule has 1 aliphatic heterocycles. The molecule has 0 spiro atoms. The van der Waals surface area contributed by atoms with Crippen LogP contribution in [0.1, 0.15) is 30.4 Å². The molecule has 2 atom stereocenters. The van der Waals surface area contributed by atoms with Crippen LogP contribution in [0.3, 0.4) is 0 Å². The molecule has 6 nitrogen and oxygen atoms in total. The molecule has 4 aromatic rings. The number of hydrogen-bond acceptors (Lipinski definition) is 3. The van der Waals surface area contributed by atoms with Gasteiger partial charge in [-0.25, -0.2) is 4.39 Å². The van der Waals surface area contributed by atoms with Crippen molar-refractivity contribution in [3.63, 3.8) is 0 Å². The predicted molar refractivity (Wildman–Crippen MR) is 134 cm³/mol. The maximum absolute atomic E-state index is 14.8. The maximum Gasteiger partial charge on any atom is 0.221 e. The minimum atomic E-state index is -0.311. The van der Waals surface area contributed by atoms with E-state index in [-0.39, 0.29) is 23.8 Å². The normalized spacial score (nSPS) is 17.5. The number of amides is 1. The van der Waals surface area contributed by atoms with Crippen molar-refractivity contribution in [2.24, 2.45) is 0 Å². The lowest BCUT2D eigenvalue weighted by Gasteiger charge is -2.29. The van der Waals surface area contributed by atoms with Gasteiger partial charge in [-0.05, 0) is 72.9 Å². The first-order valence-corrected chi connectivity index (χ1v) is 11.2. The highest BCUT2D eigenvalue weighted by Crippen LogP contribution is 2.42. The summed E-state index contributed by atoms with van der Waals surface area (Å²) < 4.78 is 16.6. The number of nitrogens with one attached hydrogen (secondary N) is 2. The summed E-state index contributed by atoms with van der Waals surface area (Å²) in [6.07, 6.45) is 3.60. The van der Waals surface area contributed by atoms with E-state index in [2.05, 4.69) is 15.6 Å². The van der Waals surface area contributed by atoms with E-state index in [9.17, 15) is 9.18 Å². The number of hydrogen-bond donors (Lipinski definition) is 2. The Morgan fingerprint density at radius 3 is 2.50 bits per heavy atom. The molecule has 2 aromatic carbocycles. The Morgan fingerprint density at radius 2 is 1.79 bits per heavy atom. The van der Waals surface area contributed by atoms with Gasteiger partial charge in [0.05, 0.1) is 17.4 Å². The van der Waals surface area contributed by atoms with E-state index < -0.39 is 0 Å². The zero-order chi connectivity index (χ0) is 23.7. The minimum Gasteiger partial charge on any atom is -0.351 e. The molecule has 2 N–H and O–H groups in total. The smallest absolute Gasteiger partial charge is 0.221 e. The van der Waals surface area contributed by atoms with Crippen molar-refractivity contribution in [2.45, 2.75) is 19.0 Å². The van der Waals surface area contributed by atoms with E-state index in [1.165, 1.54) is 13.0 Å². The monoisotopic (exact) mass is 471 g/mol. The highest BCUT2D eigenvalue weighted by Gasteiger charge is 2.42. The van der Waals surface area contributed by atoms with Gasteiger partial charge in [0.1, 0.15) is 11.9 Å². The first-order chi connectivity index (χ1) is 16.5. The molecule has 34 heavy (non-hydrogen) atoms. The van der Waals surface area contributed by atoms with Crippen molar-refractivity contribution in [1.29, 1.82) is 0 Å².